The first-order chi connectivity index (χ1) is 13.0. The lowest BCUT2D eigenvalue weighted by atomic mass is 10.0. The summed E-state index contributed by atoms with van der Waals surface area (Å²) in [6.07, 6.45) is 1.95. The minimum atomic E-state index is -1.03. The molecule has 1 atom stereocenters. The van der Waals surface area contributed by atoms with Gasteiger partial charge in [0.2, 0.25) is 0 Å². The maximum Gasteiger partial charge on any atom is 0.356 e. The Morgan fingerprint density at radius 1 is 1.33 bits per heavy atom. The van der Waals surface area contributed by atoms with Crippen LogP contribution in [-0.2, 0) is 29.2 Å². The van der Waals surface area contributed by atoms with Crippen molar-refractivity contribution in [2.45, 2.75) is 39.8 Å². The second-order valence-electron chi connectivity index (χ2n) is 6.40. The Balaban J connectivity index is 1.99. The van der Waals surface area contributed by atoms with Crippen LogP contribution in [0.5, 0.6) is 0 Å². The molecule has 0 radical (unpaired) electrons. The van der Waals surface area contributed by atoms with Crippen molar-refractivity contribution in [1.82, 2.24) is 9.29 Å². The third kappa shape index (κ3) is 4.71. The van der Waals surface area contributed by atoms with Gasteiger partial charge < -0.3 is 9.29 Å². The van der Waals surface area contributed by atoms with Gasteiger partial charge in [-0.1, -0.05) is 41.4 Å². The van der Waals surface area contributed by atoms with E-state index in [1.807, 2.05) is 28.6 Å². The largest absolute Gasteiger partial charge is 0.598 e. The fourth-order valence-corrected chi connectivity index (χ4v) is 4.84. The molecule has 1 aromatic heterocycles. The predicted molar refractivity (Wildman–Crippen MR) is 110 cm³/mol. The van der Waals surface area contributed by atoms with Crippen molar-refractivity contribution in [3.63, 3.8) is 0 Å². The van der Waals surface area contributed by atoms with Crippen molar-refractivity contribution in [3.05, 3.63) is 51.6 Å². The number of hydrogen-bond acceptors (Lipinski definition) is 5. The number of aromatic nitrogens is 1. The number of fused-ring (bicyclic) bond motifs is 1. The number of hydrogen-bond donors (Lipinski definition) is 0. The van der Waals surface area contributed by atoms with Crippen LogP contribution in [0.1, 0.15) is 48.3 Å². The van der Waals surface area contributed by atoms with Crippen LogP contribution in [0.3, 0.4) is 0 Å². The minimum absolute atomic E-state index is 0.298. The van der Waals surface area contributed by atoms with E-state index in [0.717, 1.165) is 39.7 Å². The predicted octanol–water partition coefficient (Wildman–Crippen LogP) is 4.47. The van der Waals surface area contributed by atoms with E-state index >= 15 is 0 Å². The molecule has 0 amide bonds. The van der Waals surface area contributed by atoms with Crippen molar-refractivity contribution in [2.24, 2.45) is 0 Å². The first-order valence-corrected chi connectivity index (χ1v) is 11.2. The zero-order valence-electron chi connectivity index (χ0n) is 15.5. The maximum atomic E-state index is 12.6. The van der Waals surface area contributed by atoms with Crippen LogP contribution in [0.25, 0.3) is 11.3 Å². The van der Waals surface area contributed by atoms with Gasteiger partial charge in [0.25, 0.3) is 0 Å². The van der Waals surface area contributed by atoms with Gasteiger partial charge in [-0.25, -0.2) is 9.78 Å². The lowest BCUT2D eigenvalue weighted by molar-refractivity contribution is 0.0519. The number of nitrogens with zero attached hydrogens (tertiary/aromatic N) is 2. The molecule has 5 nitrogen and oxygen atoms in total. The molecule has 3 rings (SSSR count). The molecule has 0 aliphatic carbocycles. The molecule has 0 saturated heterocycles. The van der Waals surface area contributed by atoms with E-state index in [9.17, 15) is 9.35 Å². The van der Waals surface area contributed by atoms with Gasteiger partial charge in [0, 0.05) is 27.0 Å². The summed E-state index contributed by atoms with van der Waals surface area (Å²) in [6.45, 7) is 5.30. The highest BCUT2D eigenvalue weighted by atomic mass is 79.9. The van der Waals surface area contributed by atoms with Crippen LogP contribution in [0.15, 0.2) is 34.8 Å². The molecule has 2 aromatic rings. The third-order valence-electron chi connectivity index (χ3n) is 4.44. The van der Waals surface area contributed by atoms with Crippen LogP contribution < -0.4 is 0 Å². The Morgan fingerprint density at radius 3 is 2.85 bits per heavy atom. The quantitative estimate of drug-likeness (QED) is 0.459. The van der Waals surface area contributed by atoms with E-state index in [1.165, 1.54) is 0 Å². The summed E-state index contributed by atoms with van der Waals surface area (Å²) in [5.41, 5.74) is 4.01. The molecule has 0 unspecified atom stereocenters. The normalized spacial score (nSPS) is 14.8. The monoisotopic (exact) mass is 450 g/mol. The van der Waals surface area contributed by atoms with Gasteiger partial charge in [-0.3, -0.25) is 0 Å². The van der Waals surface area contributed by atoms with Crippen LogP contribution >= 0.6 is 15.9 Å². The highest BCUT2D eigenvalue weighted by molar-refractivity contribution is 9.10. The Bertz CT molecular complexity index is 831. The smallest absolute Gasteiger partial charge is 0.356 e. The summed E-state index contributed by atoms with van der Waals surface area (Å²) in [5, 5.41) is 0. The Hall–Kier alpha value is -1.41. The lowest BCUT2D eigenvalue weighted by Crippen LogP contribution is -2.28. The van der Waals surface area contributed by atoms with E-state index in [-0.39, 0.29) is 0 Å². The fraction of sp³-hybridized carbons (Fsp3) is 0.400. The zero-order valence-corrected chi connectivity index (χ0v) is 17.9. The highest BCUT2D eigenvalue weighted by Crippen LogP contribution is 2.34. The third-order valence-corrected chi connectivity index (χ3v) is 6.41. The zero-order chi connectivity index (χ0) is 19.4. The summed E-state index contributed by atoms with van der Waals surface area (Å²) in [4.78, 5) is 16.9. The molecule has 0 bridgehead atoms. The topological polar surface area (TPSA) is 65.5 Å². The van der Waals surface area contributed by atoms with Crippen molar-refractivity contribution >= 4 is 33.3 Å². The number of carbonyl (C=O) groups is 1. The van der Waals surface area contributed by atoms with Crippen molar-refractivity contribution in [1.29, 1.82) is 0 Å². The summed E-state index contributed by atoms with van der Waals surface area (Å²) >= 11 is 2.47. The first kappa shape index (κ1) is 20.3. The van der Waals surface area contributed by atoms with Gasteiger partial charge >= 0.3 is 5.97 Å². The lowest BCUT2D eigenvalue weighted by Gasteiger charge is -2.19. The number of pyridine rings is 1. The number of carbonyl (C=O) groups excluding carboxylic acids is 1. The standard InChI is InChI=1S/C20H23BrN2O3S/c1-3-5-9-27(25)23-12-15-11-18(20(24)26-4-2)22-19(17(15)13-23)14-7-6-8-16(21)10-14/h6-8,10-11H,3-5,9,12-13H2,1-2H3/t27-/m1/s1. The molecular formula is C20H23BrN2O3S. The van der Waals surface area contributed by atoms with Crippen LogP contribution in [0.4, 0.5) is 0 Å². The molecule has 1 aliphatic heterocycles. The second-order valence-corrected chi connectivity index (χ2v) is 8.89. The van der Waals surface area contributed by atoms with Gasteiger partial charge in [0.15, 0.2) is 0 Å². The van der Waals surface area contributed by atoms with E-state index in [0.29, 0.717) is 31.1 Å². The average molecular weight is 451 g/mol. The molecule has 0 N–H and O–H groups in total. The number of rotatable bonds is 7. The molecule has 1 aliphatic rings. The second kappa shape index (κ2) is 9.19. The molecule has 2 heterocycles. The average Bonchev–Trinajstić information content (AvgIpc) is 3.09. The van der Waals surface area contributed by atoms with Gasteiger partial charge in [-0.15, -0.1) is 4.31 Å². The number of ether oxygens (including phenoxy) is 1. The van der Waals surface area contributed by atoms with Crippen molar-refractivity contribution in [3.8, 4) is 11.3 Å². The summed E-state index contributed by atoms with van der Waals surface area (Å²) in [6, 6.07) is 9.63. The van der Waals surface area contributed by atoms with Crippen LogP contribution in [0, 0.1) is 0 Å². The van der Waals surface area contributed by atoms with E-state index in [1.54, 1.807) is 13.0 Å². The van der Waals surface area contributed by atoms with Crippen LogP contribution in [0.2, 0.25) is 0 Å². The van der Waals surface area contributed by atoms with Gasteiger partial charge in [-0.2, -0.15) is 0 Å². The molecule has 0 spiro atoms. The minimum Gasteiger partial charge on any atom is -0.598 e. The molecule has 0 saturated carbocycles. The molecular weight excluding hydrogens is 428 g/mol. The summed E-state index contributed by atoms with van der Waals surface area (Å²) in [5.74, 6) is 0.233. The first-order valence-electron chi connectivity index (χ1n) is 9.12. The van der Waals surface area contributed by atoms with Crippen LogP contribution in [-0.4, -0.2) is 32.2 Å². The Labute approximate surface area is 171 Å². The van der Waals surface area contributed by atoms with Gasteiger partial charge in [0.05, 0.1) is 25.4 Å². The van der Waals surface area contributed by atoms with E-state index in [2.05, 4.69) is 27.8 Å². The SMILES string of the molecule is CCCC[S@@+]([O-])N1Cc2cc(C(=O)OCC)nc(-c3cccc(Br)c3)c2C1. The van der Waals surface area contributed by atoms with Crippen molar-refractivity contribution < 1.29 is 14.1 Å². The number of esters is 1. The molecule has 7 heteroatoms. The molecule has 0 fully saturated rings. The van der Waals surface area contributed by atoms with Gasteiger partial charge in [-0.05, 0) is 37.1 Å². The van der Waals surface area contributed by atoms with Crippen molar-refractivity contribution in [2.75, 3.05) is 12.4 Å². The summed E-state index contributed by atoms with van der Waals surface area (Å²) < 4.78 is 20.7. The number of benzene rings is 1. The molecule has 27 heavy (non-hydrogen) atoms. The molecule has 144 valence electrons. The highest BCUT2D eigenvalue weighted by Gasteiger charge is 2.32. The Kier molecular flexibility index (Phi) is 6.92. The fourth-order valence-electron chi connectivity index (χ4n) is 3.09. The van der Waals surface area contributed by atoms with E-state index < -0.39 is 17.3 Å². The summed E-state index contributed by atoms with van der Waals surface area (Å²) in [7, 11) is 0. The maximum absolute atomic E-state index is 12.6. The number of unbranched alkanes of at least 4 members (excludes halogenated alkanes) is 1. The number of halogens is 1. The van der Waals surface area contributed by atoms with Gasteiger partial charge in [0.1, 0.15) is 11.4 Å². The Morgan fingerprint density at radius 2 is 2.15 bits per heavy atom. The van der Waals surface area contributed by atoms with E-state index in [4.69, 9.17) is 4.74 Å². The molecule has 1 aromatic carbocycles.